The highest BCUT2D eigenvalue weighted by Gasteiger charge is 2.16. The zero-order valence-corrected chi connectivity index (χ0v) is 19.5. The first kappa shape index (κ1) is 23.7. The average molecular weight is 438 g/mol. The standard InChI is InChI=1S/C26H35N3O3/c1-21-7-6-8-23(17-21)29-15-13-28(14-16-29)12-5-4-11-27-26(30)10-9-22-18-24(31-2)20-25(19-22)32-3/h6-10,17-20H,4-5,11-16H2,1-3H3,(H,27,30)/b10-9+. The second kappa shape index (κ2) is 12.2. The summed E-state index contributed by atoms with van der Waals surface area (Å²) in [7, 11) is 3.22. The molecule has 0 bridgehead atoms. The van der Waals surface area contributed by atoms with Gasteiger partial charge in [-0.3, -0.25) is 9.69 Å². The molecule has 1 amide bonds. The van der Waals surface area contributed by atoms with Gasteiger partial charge in [0.25, 0.3) is 0 Å². The van der Waals surface area contributed by atoms with Crippen molar-refractivity contribution >= 4 is 17.7 Å². The molecule has 2 aromatic carbocycles. The molecule has 0 aromatic heterocycles. The van der Waals surface area contributed by atoms with Gasteiger partial charge in [-0.05, 0) is 67.8 Å². The number of hydrogen-bond acceptors (Lipinski definition) is 5. The molecule has 172 valence electrons. The van der Waals surface area contributed by atoms with Gasteiger partial charge in [-0.1, -0.05) is 12.1 Å². The molecule has 0 radical (unpaired) electrons. The van der Waals surface area contributed by atoms with Crippen LogP contribution < -0.4 is 19.7 Å². The molecule has 1 aliphatic heterocycles. The van der Waals surface area contributed by atoms with Crippen molar-refractivity contribution in [3.05, 3.63) is 59.7 Å². The maximum absolute atomic E-state index is 12.1. The highest BCUT2D eigenvalue weighted by atomic mass is 16.5. The first-order valence-corrected chi connectivity index (χ1v) is 11.3. The number of ether oxygens (including phenoxy) is 2. The van der Waals surface area contributed by atoms with Crippen LogP contribution in [0, 0.1) is 6.92 Å². The number of unbranched alkanes of at least 4 members (excludes halogenated alkanes) is 1. The lowest BCUT2D eigenvalue weighted by Gasteiger charge is -2.36. The number of aryl methyl sites for hydroxylation is 1. The molecule has 0 atom stereocenters. The third kappa shape index (κ3) is 7.31. The number of rotatable bonds is 10. The second-order valence-electron chi connectivity index (χ2n) is 8.15. The summed E-state index contributed by atoms with van der Waals surface area (Å²) in [6.07, 6.45) is 5.39. The summed E-state index contributed by atoms with van der Waals surface area (Å²) in [6.45, 7) is 8.23. The van der Waals surface area contributed by atoms with Gasteiger partial charge >= 0.3 is 0 Å². The summed E-state index contributed by atoms with van der Waals surface area (Å²) < 4.78 is 10.5. The molecule has 1 N–H and O–H groups in total. The van der Waals surface area contributed by atoms with Crippen molar-refractivity contribution in [3.63, 3.8) is 0 Å². The fraction of sp³-hybridized carbons (Fsp3) is 0.423. The van der Waals surface area contributed by atoms with E-state index in [-0.39, 0.29) is 5.91 Å². The second-order valence-corrected chi connectivity index (χ2v) is 8.15. The summed E-state index contributed by atoms with van der Waals surface area (Å²) in [5.41, 5.74) is 3.50. The van der Waals surface area contributed by atoms with Gasteiger partial charge < -0.3 is 19.7 Å². The molecular weight excluding hydrogens is 402 g/mol. The average Bonchev–Trinajstić information content (AvgIpc) is 2.82. The van der Waals surface area contributed by atoms with E-state index >= 15 is 0 Å². The molecular formula is C26H35N3O3. The van der Waals surface area contributed by atoms with Crippen LogP contribution in [0.5, 0.6) is 11.5 Å². The molecule has 6 nitrogen and oxygen atoms in total. The van der Waals surface area contributed by atoms with Crippen LogP contribution in [0.3, 0.4) is 0 Å². The first-order valence-electron chi connectivity index (χ1n) is 11.3. The van der Waals surface area contributed by atoms with E-state index in [0.717, 1.165) is 51.1 Å². The minimum absolute atomic E-state index is 0.0847. The Bertz CT molecular complexity index is 883. The third-order valence-corrected chi connectivity index (χ3v) is 5.74. The van der Waals surface area contributed by atoms with Crippen molar-refractivity contribution in [2.24, 2.45) is 0 Å². The van der Waals surface area contributed by atoms with Crippen LogP contribution in [0.4, 0.5) is 5.69 Å². The molecule has 1 fully saturated rings. The number of methoxy groups -OCH3 is 2. The molecule has 0 saturated carbocycles. The minimum atomic E-state index is -0.0847. The Hall–Kier alpha value is -2.99. The number of hydrogen-bond donors (Lipinski definition) is 1. The maximum atomic E-state index is 12.1. The molecule has 3 rings (SSSR count). The van der Waals surface area contributed by atoms with Crippen LogP contribution >= 0.6 is 0 Å². The van der Waals surface area contributed by atoms with Crippen molar-refractivity contribution in [2.75, 3.05) is 58.4 Å². The topological polar surface area (TPSA) is 54.0 Å². The van der Waals surface area contributed by atoms with Crippen LogP contribution in [0.15, 0.2) is 48.5 Å². The van der Waals surface area contributed by atoms with Crippen LogP contribution in [0.2, 0.25) is 0 Å². The number of nitrogens with zero attached hydrogens (tertiary/aromatic N) is 2. The maximum Gasteiger partial charge on any atom is 0.243 e. The van der Waals surface area contributed by atoms with Crippen molar-refractivity contribution < 1.29 is 14.3 Å². The number of carbonyl (C=O) groups excluding carboxylic acids is 1. The zero-order chi connectivity index (χ0) is 22.8. The van der Waals surface area contributed by atoms with E-state index in [1.165, 1.54) is 11.3 Å². The number of benzene rings is 2. The largest absolute Gasteiger partial charge is 0.497 e. The van der Waals surface area contributed by atoms with E-state index in [4.69, 9.17) is 9.47 Å². The Morgan fingerprint density at radius 1 is 1.00 bits per heavy atom. The van der Waals surface area contributed by atoms with Gasteiger partial charge in [-0.2, -0.15) is 0 Å². The highest BCUT2D eigenvalue weighted by molar-refractivity contribution is 5.91. The van der Waals surface area contributed by atoms with Gasteiger partial charge in [0.05, 0.1) is 14.2 Å². The van der Waals surface area contributed by atoms with Crippen molar-refractivity contribution in [3.8, 4) is 11.5 Å². The lowest BCUT2D eigenvalue weighted by molar-refractivity contribution is -0.116. The van der Waals surface area contributed by atoms with Gasteiger partial charge in [-0.25, -0.2) is 0 Å². The molecule has 1 heterocycles. The zero-order valence-electron chi connectivity index (χ0n) is 19.5. The normalized spacial score (nSPS) is 14.5. The lowest BCUT2D eigenvalue weighted by atomic mass is 10.2. The van der Waals surface area contributed by atoms with Gasteiger partial charge in [0.2, 0.25) is 5.91 Å². The van der Waals surface area contributed by atoms with Crippen LogP contribution in [0.25, 0.3) is 6.08 Å². The summed E-state index contributed by atoms with van der Waals surface area (Å²) in [5, 5.41) is 2.97. The first-order chi connectivity index (χ1) is 15.6. The number of carbonyl (C=O) groups is 1. The molecule has 0 aliphatic carbocycles. The van der Waals surface area contributed by atoms with Crippen molar-refractivity contribution in [1.82, 2.24) is 10.2 Å². The number of amides is 1. The molecule has 1 saturated heterocycles. The molecule has 1 aliphatic rings. The predicted octanol–water partition coefficient (Wildman–Crippen LogP) is 3.74. The predicted molar refractivity (Wildman–Crippen MR) is 131 cm³/mol. The van der Waals surface area contributed by atoms with E-state index in [1.807, 2.05) is 12.1 Å². The smallest absolute Gasteiger partial charge is 0.243 e. The highest BCUT2D eigenvalue weighted by Crippen LogP contribution is 2.23. The van der Waals surface area contributed by atoms with Gasteiger partial charge in [0, 0.05) is 50.6 Å². The molecule has 0 unspecified atom stereocenters. The number of piperazine rings is 1. The van der Waals surface area contributed by atoms with Gasteiger partial charge in [0.15, 0.2) is 0 Å². The minimum Gasteiger partial charge on any atom is -0.497 e. The van der Waals surface area contributed by atoms with Crippen molar-refractivity contribution in [2.45, 2.75) is 19.8 Å². The van der Waals surface area contributed by atoms with Crippen LogP contribution in [-0.2, 0) is 4.79 Å². The molecule has 2 aromatic rings. The van der Waals surface area contributed by atoms with Crippen LogP contribution in [0.1, 0.15) is 24.0 Å². The summed E-state index contributed by atoms with van der Waals surface area (Å²) in [6, 6.07) is 14.3. The van der Waals surface area contributed by atoms with E-state index in [1.54, 1.807) is 32.4 Å². The van der Waals surface area contributed by atoms with Crippen LogP contribution in [-0.4, -0.2) is 64.3 Å². The quantitative estimate of drug-likeness (QED) is 0.453. The fourth-order valence-corrected chi connectivity index (χ4v) is 3.88. The van der Waals surface area contributed by atoms with E-state index in [9.17, 15) is 4.79 Å². The van der Waals surface area contributed by atoms with E-state index in [0.29, 0.717) is 18.0 Å². The summed E-state index contributed by atoms with van der Waals surface area (Å²) >= 11 is 0. The Morgan fingerprint density at radius 3 is 2.38 bits per heavy atom. The Morgan fingerprint density at radius 2 is 1.72 bits per heavy atom. The fourth-order valence-electron chi connectivity index (χ4n) is 3.88. The number of nitrogens with one attached hydrogen (secondary N) is 1. The monoisotopic (exact) mass is 437 g/mol. The Labute approximate surface area is 191 Å². The Balaban J connectivity index is 1.31. The summed E-state index contributed by atoms with van der Waals surface area (Å²) in [5.74, 6) is 1.31. The van der Waals surface area contributed by atoms with E-state index < -0.39 is 0 Å². The third-order valence-electron chi connectivity index (χ3n) is 5.74. The number of anilines is 1. The van der Waals surface area contributed by atoms with Crippen molar-refractivity contribution in [1.29, 1.82) is 0 Å². The van der Waals surface area contributed by atoms with Gasteiger partial charge in [-0.15, -0.1) is 0 Å². The molecule has 0 spiro atoms. The lowest BCUT2D eigenvalue weighted by Crippen LogP contribution is -2.46. The summed E-state index contributed by atoms with van der Waals surface area (Å²) in [4.78, 5) is 17.1. The Kier molecular flexibility index (Phi) is 8.99. The van der Waals surface area contributed by atoms with E-state index in [2.05, 4.69) is 46.3 Å². The molecule has 6 heteroatoms. The molecule has 32 heavy (non-hydrogen) atoms. The SMILES string of the molecule is COc1cc(/C=C/C(=O)NCCCCN2CCN(c3cccc(C)c3)CC2)cc(OC)c1. The van der Waals surface area contributed by atoms with Gasteiger partial charge in [0.1, 0.15) is 11.5 Å².